The van der Waals surface area contributed by atoms with Crippen molar-refractivity contribution >= 4 is 24.5 Å². The van der Waals surface area contributed by atoms with Crippen LogP contribution in [0.4, 0.5) is 0 Å². The van der Waals surface area contributed by atoms with Crippen LogP contribution in [0.15, 0.2) is 36.4 Å². The summed E-state index contributed by atoms with van der Waals surface area (Å²) in [5, 5.41) is 0. The third-order valence-corrected chi connectivity index (χ3v) is 4.92. The van der Waals surface area contributed by atoms with Gasteiger partial charge in [-0.3, -0.25) is 9.36 Å². The fraction of sp³-hybridized carbons (Fsp3) is 0.267. The smallest absolute Gasteiger partial charge is 0.397 e. The van der Waals surface area contributed by atoms with E-state index in [9.17, 15) is 9.36 Å². The maximum atomic E-state index is 11.5. The molecule has 0 atom stereocenters. The molecule has 0 saturated heterocycles. The molecule has 2 N–H and O–H groups in total. The molecule has 22 heavy (non-hydrogen) atoms. The van der Waals surface area contributed by atoms with Crippen molar-refractivity contribution < 1.29 is 23.9 Å². The number of thiophene rings is 1. The lowest BCUT2D eigenvalue weighted by atomic mass is 10.1. The van der Waals surface area contributed by atoms with Crippen LogP contribution >= 0.6 is 18.9 Å². The highest BCUT2D eigenvalue weighted by Gasteiger charge is 2.28. The van der Waals surface area contributed by atoms with E-state index in [1.54, 1.807) is 6.07 Å². The summed E-state index contributed by atoms with van der Waals surface area (Å²) < 4.78 is 16.5. The number of hydrogen-bond acceptors (Lipinski definition) is 4. The van der Waals surface area contributed by atoms with Crippen LogP contribution in [-0.4, -0.2) is 21.9 Å². The van der Waals surface area contributed by atoms with Gasteiger partial charge in [0, 0.05) is 11.3 Å². The maximum absolute atomic E-state index is 11.5. The highest BCUT2D eigenvalue weighted by molar-refractivity contribution is 7.71. The molecule has 0 fully saturated rings. The number of carbonyl (C=O) groups excluding carboxylic acids is 1. The van der Waals surface area contributed by atoms with Crippen molar-refractivity contribution in [3.8, 4) is 5.75 Å². The van der Waals surface area contributed by atoms with E-state index < -0.39 is 13.1 Å². The van der Waals surface area contributed by atoms with Gasteiger partial charge in [-0.05, 0) is 36.2 Å². The minimum absolute atomic E-state index is 0.0891. The van der Waals surface area contributed by atoms with Crippen LogP contribution < -0.4 is 4.74 Å². The second-order valence-electron chi connectivity index (χ2n) is 4.78. The van der Waals surface area contributed by atoms with Gasteiger partial charge in [0.1, 0.15) is 5.75 Å². The molecule has 2 aromatic rings. The second-order valence-corrected chi connectivity index (χ2v) is 7.45. The van der Waals surface area contributed by atoms with Crippen LogP contribution in [0.5, 0.6) is 5.75 Å². The van der Waals surface area contributed by atoms with E-state index in [4.69, 9.17) is 14.5 Å². The molecule has 0 saturated carbocycles. The van der Waals surface area contributed by atoms with Gasteiger partial charge in [-0.25, -0.2) is 0 Å². The van der Waals surface area contributed by atoms with Crippen LogP contribution in [0.1, 0.15) is 33.5 Å². The normalized spacial score (nSPS) is 11.4. The molecule has 118 valence electrons. The van der Waals surface area contributed by atoms with Crippen molar-refractivity contribution in [2.24, 2.45) is 0 Å². The first kappa shape index (κ1) is 16.9. The quantitative estimate of drug-likeness (QED) is 0.754. The van der Waals surface area contributed by atoms with Gasteiger partial charge >= 0.3 is 7.60 Å². The Morgan fingerprint density at radius 2 is 1.86 bits per heavy atom. The molecule has 0 spiro atoms. The summed E-state index contributed by atoms with van der Waals surface area (Å²) in [6.45, 7) is 2.72. The van der Waals surface area contributed by atoms with Gasteiger partial charge in [0.2, 0.25) is 0 Å². The number of ether oxygens (including phenoxy) is 1. The molecule has 0 aliphatic carbocycles. The summed E-state index contributed by atoms with van der Waals surface area (Å²) in [5.41, 5.74) is -0.0760. The molecule has 1 aromatic heterocycles. The average Bonchev–Trinajstić information content (AvgIpc) is 2.93. The van der Waals surface area contributed by atoms with E-state index in [-0.39, 0.29) is 4.88 Å². The van der Waals surface area contributed by atoms with Crippen molar-refractivity contribution in [2.45, 2.75) is 19.8 Å². The molecule has 1 aromatic carbocycles. The first-order chi connectivity index (χ1) is 10.4. The minimum Gasteiger partial charge on any atom is -0.494 e. The minimum atomic E-state index is -4.71. The van der Waals surface area contributed by atoms with Crippen LogP contribution in [0.2, 0.25) is 0 Å². The van der Waals surface area contributed by atoms with Crippen LogP contribution in [0.25, 0.3) is 0 Å². The maximum Gasteiger partial charge on any atom is 0.397 e. The Morgan fingerprint density at radius 1 is 1.18 bits per heavy atom. The highest BCUT2D eigenvalue weighted by atomic mass is 32.1. The SMILES string of the molecule is CCCOc1ccc(Cc2ccc(C(=O)P(=O)(O)O)s2)cc1. The average molecular weight is 340 g/mol. The van der Waals surface area contributed by atoms with Crippen molar-refractivity contribution in [1.82, 2.24) is 0 Å². The number of carbonyl (C=O) groups is 1. The Kier molecular flexibility index (Phi) is 5.53. The van der Waals surface area contributed by atoms with Crippen LogP contribution in [-0.2, 0) is 11.0 Å². The van der Waals surface area contributed by atoms with E-state index >= 15 is 0 Å². The predicted octanol–water partition coefficient (Wildman–Crippen LogP) is 3.45. The predicted molar refractivity (Wildman–Crippen MR) is 85.7 cm³/mol. The van der Waals surface area contributed by atoms with Gasteiger partial charge in [0.15, 0.2) is 0 Å². The van der Waals surface area contributed by atoms with E-state index in [1.165, 1.54) is 6.07 Å². The van der Waals surface area contributed by atoms with E-state index in [0.717, 1.165) is 33.9 Å². The molecule has 0 bridgehead atoms. The molecular weight excluding hydrogens is 323 g/mol. The van der Waals surface area contributed by atoms with Gasteiger partial charge in [-0.15, -0.1) is 11.3 Å². The van der Waals surface area contributed by atoms with E-state index in [2.05, 4.69) is 0 Å². The number of rotatable bonds is 7. The van der Waals surface area contributed by atoms with Gasteiger partial charge in [0.05, 0.1) is 11.5 Å². The summed E-state index contributed by atoms with van der Waals surface area (Å²) >= 11 is 1.11. The molecular formula is C15H17O5PS. The number of hydrogen-bond donors (Lipinski definition) is 2. The van der Waals surface area contributed by atoms with Crippen molar-refractivity contribution in [1.29, 1.82) is 0 Å². The molecule has 0 unspecified atom stereocenters. The van der Waals surface area contributed by atoms with Gasteiger partial charge < -0.3 is 14.5 Å². The standard InChI is InChI=1S/C15H17O5PS/c1-2-9-20-12-5-3-11(4-6-12)10-13-7-8-14(22-13)15(16)21(17,18)19/h3-8H,2,9-10H2,1H3,(H2,17,18,19). The van der Waals surface area contributed by atoms with E-state index in [1.807, 2.05) is 31.2 Å². The topological polar surface area (TPSA) is 83.8 Å². The van der Waals surface area contributed by atoms with Crippen LogP contribution in [0, 0.1) is 0 Å². The summed E-state index contributed by atoms with van der Waals surface area (Å²) in [5.74, 6) is 0.814. The lowest BCUT2D eigenvalue weighted by molar-refractivity contribution is 0.104. The Balaban J connectivity index is 2.04. The largest absolute Gasteiger partial charge is 0.494 e. The van der Waals surface area contributed by atoms with E-state index in [0.29, 0.717) is 13.0 Å². The molecule has 0 aliphatic heterocycles. The zero-order chi connectivity index (χ0) is 16.2. The van der Waals surface area contributed by atoms with Gasteiger partial charge in [0.25, 0.3) is 5.52 Å². The Labute approximate surface area is 132 Å². The lowest BCUT2D eigenvalue weighted by Crippen LogP contribution is -1.96. The fourth-order valence-electron chi connectivity index (χ4n) is 1.86. The van der Waals surface area contributed by atoms with Crippen molar-refractivity contribution in [3.63, 3.8) is 0 Å². The van der Waals surface area contributed by atoms with Gasteiger partial charge in [-0.1, -0.05) is 19.1 Å². The molecule has 1 heterocycles. The monoisotopic (exact) mass is 340 g/mol. The van der Waals surface area contributed by atoms with Crippen molar-refractivity contribution in [2.75, 3.05) is 6.61 Å². The van der Waals surface area contributed by atoms with Gasteiger partial charge in [-0.2, -0.15) is 0 Å². The van der Waals surface area contributed by atoms with Crippen molar-refractivity contribution in [3.05, 3.63) is 51.7 Å². The zero-order valence-corrected chi connectivity index (χ0v) is 13.8. The molecule has 0 radical (unpaired) electrons. The Hall–Kier alpha value is -1.46. The van der Waals surface area contributed by atoms with Crippen LogP contribution in [0.3, 0.4) is 0 Å². The molecule has 7 heteroatoms. The zero-order valence-electron chi connectivity index (χ0n) is 12.1. The number of benzene rings is 1. The summed E-state index contributed by atoms with van der Waals surface area (Å²) in [7, 11) is -4.71. The highest BCUT2D eigenvalue weighted by Crippen LogP contribution is 2.41. The Morgan fingerprint density at radius 3 is 2.45 bits per heavy atom. The molecule has 2 rings (SSSR count). The summed E-state index contributed by atoms with van der Waals surface area (Å²) in [4.78, 5) is 30.3. The lowest BCUT2D eigenvalue weighted by Gasteiger charge is -2.05. The third-order valence-electron chi connectivity index (χ3n) is 2.91. The third kappa shape index (κ3) is 4.52. The summed E-state index contributed by atoms with van der Waals surface area (Å²) in [6, 6.07) is 10.8. The molecule has 0 amide bonds. The molecule has 0 aliphatic rings. The first-order valence-corrected chi connectivity index (χ1v) is 9.24. The second kappa shape index (κ2) is 7.20. The summed E-state index contributed by atoms with van der Waals surface area (Å²) in [6.07, 6.45) is 1.56. The first-order valence-electron chi connectivity index (χ1n) is 6.81. The fourth-order valence-corrected chi connectivity index (χ4v) is 3.59. The Bertz CT molecular complexity index is 686. The molecule has 5 nitrogen and oxygen atoms in total.